The van der Waals surface area contributed by atoms with Crippen molar-refractivity contribution >= 4 is 17.5 Å². The van der Waals surface area contributed by atoms with Gasteiger partial charge < -0.3 is 24.8 Å². The zero-order valence-corrected chi connectivity index (χ0v) is 25.2. The molecule has 0 saturated carbocycles. The lowest BCUT2D eigenvalue weighted by Gasteiger charge is -2.28. The Hall–Kier alpha value is -3.57. The lowest BCUT2D eigenvalue weighted by atomic mass is 9.91. The molecule has 0 radical (unpaired) electrons. The third-order valence-corrected chi connectivity index (χ3v) is 8.15. The summed E-state index contributed by atoms with van der Waals surface area (Å²) in [6.45, 7) is 10.9. The van der Waals surface area contributed by atoms with E-state index in [9.17, 15) is 14.7 Å². The van der Waals surface area contributed by atoms with E-state index in [0.717, 1.165) is 43.4 Å². The van der Waals surface area contributed by atoms with Gasteiger partial charge in [0.2, 0.25) is 0 Å². The first kappa shape index (κ1) is 29.9. The summed E-state index contributed by atoms with van der Waals surface area (Å²) in [6, 6.07) is 3.36. The van der Waals surface area contributed by atoms with Crippen LogP contribution in [0.4, 0.5) is 4.39 Å². The number of nitrogens with one attached hydrogen (secondary N) is 1. The summed E-state index contributed by atoms with van der Waals surface area (Å²) < 4.78 is 28.6. The molecule has 1 fully saturated rings. The second-order valence-electron chi connectivity index (χ2n) is 12.3. The fourth-order valence-electron chi connectivity index (χ4n) is 6.09. The van der Waals surface area contributed by atoms with Crippen molar-refractivity contribution < 1.29 is 28.6 Å². The van der Waals surface area contributed by atoms with Gasteiger partial charge in [-0.3, -0.25) is 4.79 Å². The molecule has 2 aliphatic rings. The summed E-state index contributed by atoms with van der Waals surface area (Å²) in [5.74, 6) is -1.88. The number of likely N-dealkylation sites (tertiary alicyclic amines) is 1. The van der Waals surface area contributed by atoms with Crippen LogP contribution in [0.5, 0.6) is 5.75 Å². The molecule has 0 spiro atoms. The topological polar surface area (TPSA) is 118 Å². The molecule has 1 unspecified atom stereocenters. The van der Waals surface area contributed by atoms with Gasteiger partial charge in [-0.25, -0.2) is 18.7 Å². The molecular formula is C31H40FN5O5. The number of nitrogens with zero attached hydrogens (tertiary/aromatic N) is 4. The summed E-state index contributed by atoms with van der Waals surface area (Å²) in [7, 11) is 2.10. The summed E-state index contributed by atoms with van der Waals surface area (Å²) in [6.07, 6.45) is 3.04. The van der Waals surface area contributed by atoms with Crippen molar-refractivity contribution in [2.75, 3.05) is 26.7 Å². The van der Waals surface area contributed by atoms with E-state index in [1.54, 1.807) is 33.8 Å². The number of benzene rings is 1. The Bertz CT molecular complexity index is 1530. The van der Waals surface area contributed by atoms with E-state index in [-0.39, 0.29) is 22.9 Å². The fourth-order valence-corrected chi connectivity index (χ4v) is 6.09. The largest absolute Gasteiger partial charge is 0.490 e. The molecule has 4 heterocycles. The van der Waals surface area contributed by atoms with E-state index in [2.05, 4.69) is 27.3 Å². The lowest BCUT2D eigenvalue weighted by Crippen LogP contribution is -2.32. The number of hydrogen-bond acceptors (Lipinski definition) is 7. The van der Waals surface area contributed by atoms with Gasteiger partial charge in [-0.05, 0) is 91.9 Å². The van der Waals surface area contributed by atoms with Gasteiger partial charge in [0.25, 0.3) is 5.91 Å². The molecule has 2 aliphatic heterocycles. The van der Waals surface area contributed by atoms with Crippen LogP contribution in [-0.4, -0.2) is 74.9 Å². The molecule has 3 aromatic rings. The van der Waals surface area contributed by atoms with Crippen LogP contribution in [0.15, 0.2) is 12.1 Å². The van der Waals surface area contributed by atoms with Crippen LogP contribution in [0.3, 0.4) is 0 Å². The maximum absolute atomic E-state index is 15.5. The Kier molecular flexibility index (Phi) is 8.26. The number of amides is 1. The van der Waals surface area contributed by atoms with Crippen LogP contribution in [0.25, 0.3) is 16.9 Å². The molecule has 2 atom stereocenters. The maximum Gasteiger partial charge on any atom is 0.337 e. The standard InChI is InChI=1S/C31H40FN5O5/c1-17-20-10-8-14-41-27(20)22(32)15-21(17)26-25(28(30(39)40)42-31(3,4)5)18(2)34-24-16-23(35-37(24)26)29(38)33-12-11-19-9-7-13-36(19)6/h15-16,19,28H,7-14H2,1-6H3,(H,33,38)(H,39,40)/t19?,28-/m0/s1. The Morgan fingerprint density at radius 3 is 2.69 bits per heavy atom. The van der Waals surface area contributed by atoms with Gasteiger partial charge in [0, 0.05) is 41.0 Å². The molecule has 42 heavy (non-hydrogen) atoms. The van der Waals surface area contributed by atoms with Crippen LogP contribution >= 0.6 is 0 Å². The van der Waals surface area contributed by atoms with Crippen molar-refractivity contribution in [2.45, 2.75) is 84.5 Å². The predicted molar refractivity (Wildman–Crippen MR) is 155 cm³/mol. The smallest absolute Gasteiger partial charge is 0.337 e. The van der Waals surface area contributed by atoms with Crippen molar-refractivity contribution in [3.05, 3.63) is 46.0 Å². The normalized spacial score (nSPS) is 18.1. The quantitative estimate of drug-likeness (QED) is 0.395. The van der Waals surface area contributed by atoms with Crippen LogP contribution < -0.4 is 10.1 Å². The Labute approximate surface area is 245 Å². The highest BCUT2D eigenvalue weighted by Gasteiger charge is 2.35. The van der Waals surface area contributed by atoms with Gasteiger partial charge in [0.1, 0.15) is 0 Å². The number of fused-ring (bicyclic) bond motifs is 2. The number of carboxylic acid groups (broad SMARTS) is 1. The summed E-state index contributed by atoms with van der Waals surface area (Å²) in [4.78, 5) is 32.8. The SMILES string of the molecule is Cc1nc2cc(C(=O)NCCC3CCCN3C)nn2c(-c2cc(F)c3c(c2C)CCCO3)c1[C@H](OC(C)(C)C)C(=O)O. The number of carbonyl (C=O) groups excluding carboxylic acids is 1. The average Bonchev–Trinajstić information content (AvgIpc) is 3.54. The highest BCUT2D eigenvalue weighted by Crippen LogP contribution is 2.41. The van der Waals surface area contributed by atoms with E-state index in [0.29, 0.717) is 48.2 Å². The maximum atomic E-state index is 15.5. The molecule has 0 bridgehead atoms. The highest BCUT2D eigenvalue weighted by atomic mass is 19.1. The van der Waals surface area contributed by atoms with Gasteiger partial charge in [-0.1, -0.05) is 0 Å². The van der Waals surface area contributed by atoms with Crippen LogP contribution in [0.1, 0.15) is 85.4 Å². The fraction of sp³-hybridized carbons (Fsp3) is 0.548. The van der Waals surface area contributed by atoms with Gasteiger partial charge in [-0.15, -0.1) is 0 Å². The van der Waals surface area contributed by atoms with Crippen molar-refractivity contribution in [2.24, 2.45) is 0 Å². The summed E-state index contributed by atoms with van der Waals surface area (Å²) in [5.41, 5.74) is 2.58. The second kappa shape index (κ2) is 11.6. The minimum atomic E-state index is -1.42. The van der Waals surface area contributed by atoms with Crippen molar-refractivity contribution in [3.8, 4) is 17.0 Å². The molecule has 226 valence electrons. The highest BCUT2D eigenvalue weighted by molar-refractivity contribution is 5.93. The van der Waals surface area contributed by atoms with Gasteiger partial charge in [0.05, 0.1) is 17.9 Å². The first-order chi connectivity index (χ1) is 19.9. The van der Waals surface area contributed by atoms with Gasteiger partial charge >= 0.3 is 5.97 Å². The minimum Gasteiger partial charge on any atom is -0.490 e. The van der Waals surface area contributed by atoms with Crippen molar-refractivity contribution in [3.63, 3.8) is 0 Å². The second-order valence-corrected chi connectivity index (χ2v) is 12.3. The van der Waals surface area contributed by atoms with Crippen molar-refractivity contribution in [1.82, 2.24) is 24.8 Å². The van der Waals surface area contributed by atoms with E-state index < -0.39 is 23.5 Å². The van der Waals surface area contributed by atoms with Crippen molar-refractivity contribution in [1.29, 1.82) is 0 Å². The number of rotatable bonds is 8. The molecule has 5 rings (SSSR count). The van der Waals surface area contributed by atoms with E-state index >= 15 is 4.39 Å². The number of ether oxygens (including phenoxy) is 2. The van der Waals surface area contributed by atoms with Crippen LogP contribution in [-0.2, 0) is 16.0 Å². The molecule has 1 aromatic carbocycles. The number of aliphatic carboxylic acids is 1. The number of hydrogen-bond donors (Lipinski definition) is 2. The third kappa shape index (κ3) is 5.85. The van der Waals surface area contributed by atoms with E-state index in [4.69, 9.17) is 9.47 Å². The first-order valence-corrected chi connectivity index (χ1v) is 14.6. The van der Waals surface area contributed by atoms with E-state index in [1.165, 1.54) is 10.6 Å². The number of carboxylic acids is 1. The Balaban J connectivity index is 1.64. The summed E-state index contributed by atoms with van der Waals surface area (Å²) >= 11 is 0. The van der Waals surface area contributed by atoms with Gasteiger partial charge in [0.15, 0.2) is 29.0 Å². The lowest BCUT2D eigenvalue weighted by molar-refractivity contribution is -0.160. The average molecular weight is 582 g/mol. The minimum absolute atomic E-state index is 0.142. The Morgan fingerprint density at radius 1 is 1.26 bits per heavy atom. The first-order valence-electron chi connectivity index (χ1n) is 14.6. The van der Waals surface area contributed by atoms with Crippen LogP contribution in [0, 0.1) is 19.7 Å². The number of aryl methyl sites for hydroxylation is 1. The third-order valence-electron chi connectivity index (χ3n) is 8.15. The number of carbonyl (C=O) groups is 2. The molecule has 1 amide bonds. The molecule has 0 aliphatic carbocycles. The number of halogens is 1. The zero-order valence-electron chi connectivity index (χ0n) is 25.2. The molecule has 11 heteroatoms. The number of aromatic nitrogens is 3. The van der Waals surface area contributed by atoms with E-state index in [1.807, 2.05) is 6.92 Å². The molecular weight excluding hydrogens is 541 g/mol. The predicted octanol–water partition coefficient (Wildman–Crippen LogP) is 4.63. The van der Waals surface area contributed by atoms with Crippen LogP contribution in [0.2, 0.25) is 0 Å². The molecule has 1 saturated heterocycles. The zero-order chi connectivity index (χ0) is 30.3. The Morgan fingerprint density at radius 2 is 2.02 bits per heavy atom. The monoisotopic (exact) mass is 581 g/mol. The van der Waals surface area contributed by atoms with Gasteiger partial charge in [-0.2, -0.15) is 5.10 Å². The molecule has 10 nitrogen and oxygen atoms in total. The molecule has 2 aromatic heterocycles. The molecule has 2 N–H and O–H groups in total. The summed E-state index contributed by atoms with van der Waals surface area (Å²) in [5, 5.41) is 17.9.